The van der Waals surface area contributed by atoms with Gasteiger partial charge in [0.05, 0.1) is 37.8 Å². The summed E-state index contributed by atoms with van der Waals surface area (Å²) in [5.74, 6) is 1.91. The fourth-order valence-corrected chi connectivity index (χ4v) is 4.71. The van der Waals surface area contributed by atoms with Gasteiger partial charge in [0.2, 0.25) is 11.6 Å². The van der Waals surface area contributed by atoms with Crippen LogP contribution in [0.4, 0.5) is 11.6 Å². The molecule has 0 bridgehead atoms. The number of anilines is 2. The number of ether oxygens (including phenoxy) is 3. The van der Waals surface area contributed by atoms with Crippen LogP contribution in [0.1, 0.15) is 12.5 Å². The highest BCUT2D eigenvalue weighted by atomic mass is 16.5. The molecule has 7 heteroatoms. The third-order valence-electron chi connectivity index (χ3n) is 6.47. The Bertz CT molecular complexity index is 1620. The molecule has 0 saturated carbocycles. The van der Waals surface area contributed by atoms with Crippen molar-refractivity contribution in [2.24, 2.45) is 0 Å². The van der Waals surface area contributed by atoms with E-state index in [0.29, 0.717) is 51.8 Å². The average molecular weight is 485 g/mol. The van der Waals surface area contributed by atoms with E-state index < -0.39 is 0 Å². The number of pyridine rings is 1. The van der Waals surface area contributed by atoms with Crippen molar-refractivity contribution in [3.63, 3.8) is 0 Å². The van der Waals surface area contributed by atoms with E-state index in [1.165, 1.54) is 0 Å². The largest absolute Gasteiger partial charge is 0.493 e. The summed E-state index contributed by atoms with van der Waals surface area (Å²) in [6.45, 7) is 4.50. The maximum Gasteiger partial charge on any atom is 0.262 e. The molecule has 5 rings (SSSR count). The molecule has 0 aliphatic carbocycles. The second-order valence-corrected chi connectivity index (χ2v) is 8.43. The van der Waals surface area contributed by atoms with E-state index in [9.17, 15) is 4.79 Å². The zero-order valence-electron chi connectivity index (χ0n) is 21.0. The minimum atomic E-state index is -0.128. The van der Waals surface area contributed by atoms with Crippen molar-refractivity contribution in [1.82, 2.24) is 4.57 Å². The third kappa shape index (κ3) is 3.64. The van der Waals surface area contributed by atoms with Gasteiger partial charge in [0.1, 0.15) is 0 Å². The van der Waals surface area contributed by atoms with E-state index in [0.717, 1.165) is 22.2 Å². The molecule has 0 unspecified atom stereocenters. The highest BCUT2D eigenvalue weighted by Gasteiger charge is 2.26. The highest BCUT2D eigenvalue weighted by Crippen LogP contribution is 2.46. The van der Waals surface area contributed by atoms with Crippen LogP contribution in [-0.2, 0) is 6.54 Å². The molecule has 1 N–H and O–H groups in total. The Morgan fingerprint density at radius 1 is 0.917 bits per heavy atom. The number of fused-ring (bicyclic) bond motifs is 3. The van der Waals surface area contributed by atoms with Gasteiger partial charge in [-0.25, -0.2) is 0 Å². The van der Waals surface area contributed by atoms with Crippen LogP contribution < -0.4 is 25.1 Å². The fraction of sp³-hybridized carbons (Fsp3) is 0.207. The lowest BCUT2D eigenvalue weighted by Crippen LogP contribution is -2.19. The van der Waals surface area contributed by atoms with Crippen LogP contribution in [0.5, 0.6) is 17.2 Å². The molecule has 36 heavy (non-hydrogen) atoms. The molecule has 0 aliphatic heterocycles. The van der Waals surface area contributed by atoms with E-state index in [-0.39, 0.29) is 5.56 Å². The second-order valence-electron chi connectivity index (χ2n) is 8.43. The van der Waals surface area contributed by atoms with E-state index in [1.54, 1.807) is 25.9 Å². The lowest BCUT2D eigenvalue weighted by molar-refractivity contribution is 0.324. The predicted molar refractivity (Wildman–Crippen MR) is 143 cm³/mol. The average Bonchev–Trinajstić information content (AvgIpc) is 3.29. The molecule has 0 saturated heterocycles. The van der Waals surface area contributed by atoms with Gasteiger partial charge in [0.25, 0.3) is 5.56 Å². The van der Waals surface area contributed by atoms with Crippen LogP contribution in [0.2, 0.25) is 0 Å². The van der Waals surface area contributed by atoms with Crippen LogP contribution in [0.3, 0.4) is 0 Å². The number of methoxy groups -OCH3 is 3. The smallest absolute Gasteiger partial charge is 0.262 e. The van der Waals surface area contributed by atoms with Crippen molar-refractivity contribution in [1.29, 1.82) is 0 Å². The van der Waals surface area contributed by atoms with Gasteiger partial charge in [-0.1, -0.05) is 30.3 Å². The minimum absolute atomic E-state index is 0.128. The van der Waals surface area contributed by atoms with Gasteiger partial charge >= 0.3 is 0 Å². The number of furan rings is 1. The van der Waals surface area contributed by atoms with Gasteiger partial charge in [-0.3, -0.25) is 4.79 Å². The Balaban J connectivity index is 1.92. The van der Waals surface area contributed by atoms with Gasteiger partial charge in [-0.15, -0.1) is 0 Å². The summed E-state index contributed by atoms with van der Waals surface area (Å²) in [5.41, 5.74) is 4.48. The van der Waals surface area contributed by atoms with Crippen LogP contribution in [0.15, 0.2) is 69.9 Å². The molecule has 0 atom stereocenters. The number of aryl methyl sites for hydroxylation is 2. The Hall–Kier alpha value is -4.39. The zero-order valence-corrected chi connectivity index (χ0v) is 21.0. The van der Waals surface area contributed by atoms with E-state index in [1.807, 2.05) is 74.5 Å². The van der Waals surface area contributed by atoms with Crippen molar-refractivity contribution in [3.8, 4) is 28.4 Å². The first-order chi connectivity index (χ1) is 17.5. The van der Waals surface area contributed by atoms with Gasteiger partial charge in [0.15, 0.2) is 17.1 Å². The van der Waals surface area contributed by atoms with E-state index >= 15 is 0 Å². The molecule has 0 aliphatic rings. The van der Waals surface area contributed by atoms with Crippen LogP contribution in [-0.4, -0.2) is 25.9 Å². The lowest BCUT2D eigenvalue weighted by atomic mass is 10.0. The number of nitrogens with zero attached hydrogens (tertiary/aromatic N) is 1. The van der Waals surface area contributed by atoms with Gasteiger partial charge in [-0.2, -0.15) is 0 Å². The van der Waals surface area contributed by atoms with Crippen molar-refractivity contribution in [2.45, 2.75) is 20.4 Å². The van der Waals surface area contributed by atoms with E-state index in [4.69, 9.17) is 18.6 Å². The Labute approximate surface area is 208 Å². The lowest BCUT2D eigenvalue weighted by Gasteiger charge is -2.15. The Morgan fingerprint density at radius 3 is 2.22 bits per heavy atom. The number of benzene rings is 3. The zero-order chi connectivity index (χ0) is 25.4. The number of hydrogen-bond acceptors (Lipinski definition) is 6. The Morgan fingerprint density at radius 2 is 1.58 bits per heavy atom. The second kappa shape index (κ2) is 9.34. The summed E-state index contributed by atoms with van der Waals surface area (Å²) in [7, 11) is 4.70. The predicted octanol–water partition coefficient (Wildman–Crippen LogP) is 6.51. The van der Waals surface area contributed by atoms with Gasteiger partial charge < -0.3 is 28.5 Å². The van der Waals surface area contributed by atoms with Gasteiger partial charge in [-0.05, 0) is 55.3 Å². The summed E-state index contributed by atoms with van der Waals surface area (Å²) < 4.78 is 25.0. The van der Waals surface area contributed by atoms with Crippen molar-refractivity contribution in [2.75, 3.05) is 26.6 Å². The molecule has 0 fully saturated rings. The molecular formula is C29H28N2O5. The summed E-state index contributed by atoms with van der Waals surface area (Å²) >= 11 is 0. The number of aromatic nitrogens is 1. The number of para-hydroxylation sites is 2. The van der Waals surface area contributed by atoms with Crippen molar-refractivity contribution in [3.05, 3.63) is 76.6 Å². The number of nitrogens with one attached hydrogen (secondary N) is 1. The molecule has 7 nitrogen and oxygen atoms in total. The Kier molecular flexibility index (Phi) is 6.06. The maximum atomic E-state index is 13.9. The monoisotopic (exact) mass is 484 g/mol. The summed E-state index contributed by atoms with van der Waals surface area (Å²) in [6, 6.07) is 19.4. The number of hydrogen-bond donors (Lipinski definition) is 1. The molecule has 0 amide bonds. The molecule has 184 valence electrons. The summed E-state index contributed by atoms with van der Waals surface area (Å²) in [5, 5.41) is 4.78. The first-order valence-corrected chi connectivity index (χ1v) is 11.7. The fourth-order valence-electron chi connectivity index (χ4n) is 4.71. The molecule has 5 aromatic rings. The quantitative estimate of drug-likeness (QED) is 0.284. The maximum absolute atomic E-state index is 13.9. The summed E-state index contributed by atoms with van der Waals surface area (Å²) in [6.07, 6.45) is 0. The molecule has 3 aromatic carbocycles. The molecule has 0 spiro atoms. The minimum Gasteiger partial charge on any atom is -0.493 e. The van der Waals surface area contributed by atoms with Crippen LogP contribution >= 0.6 is 0 Å². The third-order valence-corrected chi connectivity index (χ3v) is 6.47. The molecule has 0 radical (unpaired) electrons. The SMILES string of the molecule is CCn1c(=O)c2c(-c3cc(OC)c(OC)c(OC)c3)c(Nc3ccccc3C)oc2c2ccccc21. The summed E-state index contributed by atoms with van der Waals surface area (Å²) in [4.78, 5) is 13.9. The van der Waals surface area contributed by atoms with Crippen molar-refractivity contribution >= 4 is 33.4 Å². The van der Waals surface area contributed by atoms with Crippen LogP contribution in [0, 0.1) is 6.92 Å². The van der Waals surface area contributed by atoms with Crippen molar-refractivity contribution < 1.29 is 18.6 Å². The van der Waals surface area contributed by atoms with E-state index in [2.05, 4.69) is 5.32 Å². The van der Waals surface area contributed by atoms with Crippen LogP contribution in [0.25, 0.3) is 33.0 Å². The first-order valence-electron chi connectivity index (χ1n) is 11.7. The molecule has 2 aromatic heterocycles. The standard InChI is InChI=1S/C29H28N2O5/c1-6-31-21-14-10-8-12-19(21)26-25(29(31)32)24(28(36-26)30-20-13-9-7-11-17(20)2)18-15-22(33-3)27(35-5)23(16-18)34-4/h7-16,30H,6H2,1-5H3. The normalized spacial score (nSPS) is 11.1. The van der Waals surface area contributed by atoms with Gasteiger partial charge in [0, 0.05) is 17.6 Å². The first kappa shape index (κ1) is 23.4. The highest BCUT2D eigenvalue weighted by molar-refractivity contribution is 6.11. The molecule has 2 heterocycles. The topological polar surface area (TPSA) is 74.9 Å². The molecular weight excluding hydrogens is 456 g/mol. The number of rotatable bonds is 7.